The summed E-state index contributed by atoms with van der Waals surface area (Å²) in [5.41, 5.74) is 1.89. The van der Waals surface area contributed by atoms with E-state index in [1.807, 2.05) is 44.2 Å². The second kappa shape index (κ2) is 5.21. The first-order chi connectivity index (χ1) is 9.72. The summed E-state index contributed by atoms with van der Waals surface area (Å²) in [7, 11) is 0. The lowest BCUT2D eigenvalue weighted by atomic mass is 10.2. The average molecular weight is 268 g/mol. The van der Waals surface area contributed by atoms with Gasteiger partial charge in [0.1, 0.15) is 11.6 Å². The number of hydrogen-bond donors (Lipinski definition) is 2. The Morgan fingerprint density at radius 2 is 2.15 bits per heavy atom. The molecule has 3 rings (SSSR count). The molecule has 0 aliphatic carbocycles. The van der Waals surface area contributed by atoms with Gasteiger partial charge in [0, 0.05) is 18.0 Å². The van der Waals surface area contributed by atoms with Crippen LogP contribution in [0.25, 0.3) is 10.9 Å². The highest BCUT2D eigenvalue weighted by atomic mass is 16.5. The maximum Gasteiger partial charge on any atom is 0.141 e. The smallest absolute Gasteiger partial charge is 0.141 e. The van der Waals surface area contributed by atoms with Crippen LogP contribution in [0.4, 0.5) is 11.5 Å². The Morgan fingerprint density at radius 3 is 3.00 bits per heavy atom. The summed E-state index contributed by atoms with van der Waals surface area (Å²) < 4.78 is 5.69. The number of anilines is 2. The lowest BCUT2D eigenvalue weighted by Crippen LogP contribution is -2.05. The second-order valence-electron chi connectivity index (χ2n) is 4.81. The lowest BCUT2D eigenvalue weighted by molar-refractivity contribution is 0.242. The van der Waals surface area contributed by atoms with Gasteiger partial charge in [-0.3, -0.25) is 5.10 Å². The quantitative estimate of drug-likeness (QED) is 0.760. The number of nitrogens with one attached hydrogen (secondary N) is 2. The largest absolute Gasteiger partial charge is 0.491 e. The van der Waals surface area contributed by atoms with E-state index in [2.05, 4.69) is 20.5 Å². The summed E-state index contributed by atoms with van der Waals surface area (Å²) in [6.07, 6.45) is 3.66. The van der Waals surface area contributed by atoms with E-state index in [1.165, 1.54) is 0 Å². The highest BCUT2D eigenvalue weighted by Gasteiger charge is 2.05. The third kappa shape index (κ3) is 2.56. The number of aromatic nitrogens is 3. The third-order valence-electron chi connectivity index (χ3n) is 2.84. The van der Waals surface area contributed by atoms with Crippen molar-refractivity contribution >= 4 is 22.4 Å². The van der Waals surface area contributed by atoms with Crippen molar-refractivity contribution in [1.29, 1.82) is 0 Å². The topological polar surface area (TPSA) is 62.8 Å². The molecule has 0 aliphatic heterocycles. The maximum absolute atomic E-state index is 5.69. The molecule has 2 aromatic heterocycles. The Hall–Kier alpha value is -2.56. The molecule has 0 saturated heterocycles. The molecule has 5 heteroatoms. The number of pyridine rings is 1. The summed E-state index contributed by atoms with van der Waals surface area (Å²) in [6, 6.07) is 9.73. The molecule has 0 saturated carbocycles. The van der Waals surface area contributed by atoms with E-state index >= 15 is 0 Å². The normalized spacial score (nSPS) is 10.9. The molecule has 0 radical (unpaired) electrons. The van der Waals surface area contributed by atoms with E-state index in [-0.39, 0.29) is 6.10 Å². The lowest BCUT2D eigenvalue weighted by Gasteiger charge is -2.12. The summed E-state index contributed by atoms with van der Waals surface area (Å²) in [6.45, 7) is 4.02. The van der Waals surface area contributed by atoms with Gasteiger partial charge in [-0.05, 0) is 32.0 Å². The Labute approximate surface area is 117 Å². The molecule has 2 N–H and O–H groups in total. The first-order valence-corrected chi connectivity index (χ1v) is 6.54. The van der Waals surface area contributed by atoms with Gasteiger partial charge in [-0.1, -0.05) is 6.07 Å². The molecule has 0 spiro atoms. The van der Waals surface area contributed by atoms with Crippen molar-refractivity contribution in [3.63, 3.8) is 0 Å². The predicted molar refractivity (Wildman–Crippen MR) is 79.4 cm³/mol. The molecule has 0 atom stereocenters. The zero-order valence-electron chi connectivity index (χ0n) is 11.4. The summed E-state index contributed by atoms with van der Waals surface area (Å²) in [5, 5.41) is 11.2. The molecule has 5 nitrogen and oxygen atoms in total. The van der Waals surface area contributed by atoms with Gasteiger partial charge < -0.3 is 10.1 Å². The van der Waals surface area contributed by atoms with Crippen LogP contribution in [0.3, 0.4) is 0 Å². The Morgan fingerprint density at radius 1 is 1.25 bits per heavy atom. The van der Waals surface area contributed by atoms with Gasteiger partial charge in [-0.2, -0.15) is 5.10 Å². The van der Waals surface area contributed by atoms with Crippen LogP contribution in [-0.4, -0.2) is 21.3 Å². The van der Waals surface area contributed by atoms with Crippen LogP contribution in [0.15, 0.2) is 42.7 Å². The van der Waals surface area contributed by atoms with Gasteiger partial charge in [-0.15, -0.1) is 0 Å². The van der Waals surface area contributed by atoms with E-state index in [4.69, 9.17) is 4.74 Å². The zero-order valence-corrected chi connectivity index (χ0v) is 11.4. The van der Waals surface area contributed by atoms with Crippen LogP contribution in [0.5, 0.6) is 5.75 Å². The number of hydrogen-bond acceptors (Lipinski definition) is 4. The van der Waals surface area contributed by atoms with Crippen LogP contribution in [0.1, 0.15) is 13.8 Å². The zero-order chi connectivity index (χ0) is 13.9. The monoisotopic (exact) mass is 268 g/mol. The molecule has 2 heterocycles. The van der Waals surface area contributed by atoms with Crippen molar-refractivity contribution in [2.75, 3.05) is 5.32 Å². The fraction of sp³-hybridized carbons (Fsp3) is 0.200. The number of rotatable bonds is 4. The van der Waals surface area contributed by atoms with E-state index < -0.39 is 0 Å². The summed E-state index contributed by atoms with van der Waals surface area (Å²) in [5.74, 6) is 1.61. The fourth-order valence-corrected chi connectivity index (χ4v) is 2.02. The van der Waals surface area contributed by atoms with Crippen molar-refractivity contribution in [3.05, 3.63) is 42.7 Å². The number of H-pyrrole nitrogens is 1. The number of nitrogens with zero attached hydrogens (tertiary/aromatic N) is 2. The summed E-state index contributed by atoms with van der Waals surface area (Å²) in [4.78, 5) is 4.35. The SMILES string of the molecule is CC(C)Oc1cccc(Nc2nccc3[nH]ncc23)c1. The minimum absolute atomic E-state index is 0.153. The Bertz CT molecular complexity index is 720. The van der Waals surface area contributed by atoms with Crippen molar-refractivity contribution in [2.45, 2.75) is 20.0 Å². The van der Waals surface area contributed by atoms with Crippen molar-refractivity contribution in [2.24, 2.45) is 0 Å². The highest BCUT2D eigenvalue weighted by molar-refractivity contribution is 5.90. The molecule has 0 aliphatic rings. The number of benzene rings is 1. The van der Waals surface area contributed by atoms with Gasteiger partial charge in [0.2, 0.25) is 0 Å². The number of aromatic amines is 1. The Kier molecular flexibility index (Phi) is 3.25. The first-order valence-electron chi connectivity index (χ1n) is 6.54. The number of ether oxygens (including phenoxy) is 1. The van der Waals surface area contributed by atoms with E-state index in [1.54, 1.807) is 12.4 Å². The molecule has 0 amide bonds. The molecule has 102 valence electrons. The van der Waals surface area contributed by atoms with Crippen molar-refractivity contribution < 1.29 is 4.74 Å². The molecule has 0 bridgehead atoms. The van der Waals surface area contributed by atoms with E-state index in [0.29, 0.717) is 0 Å². The van der Waals surface area contributed by atoms with Gasteiger partial charge in [0.15, 0.2) is 0 Å². The van der Waals surface area contributed by atoms with Crippen LogP contribution >= 0.6 is 0 Å². The second-order valence-corrected chi connectivity index (χ2v) is 4.81. The Balaban J connectivity index is 1.89. The van der Waals surface area contributed by atoms with Crippen molar-refractivity contribution in [1.82, 2.24) is 15.2 Å². The minimum Gasteiger partial charge on any atom is -0.491 e. The van der Waals surface area contributed by atoms with Gasteiger partial charge in [-0.25, -0.2) is 4.98 Å². The fourth-order valence-electron chi connectivity index (χ4n) is 2.02. The number of fused-ring (bicyclic) bond motifs is 1. The molecular weight excluding hydrogens is 252 g/mol. The van der Waals surface area contributed by atoms with E-state index in [9.17, 15) is 0 Å². The minimum atomic E-state index is 0.153. The molecule has 3 aromatic rings. The molecule has 0 unspecified atom stereocenters. The molecule has 1 aromatic carbocycles. The molecule has 0 fully saturated rings. The van der Waals surface area contributed by atoms with E-state index in [0.717, 1.165) is 28.2 Å². The van der Waals surface area contributed by atoms with Crippen LogP contribution < -0.4 is 10.1 Å². The highest BCUT2D eigenvalue weighted by Crippen LogP contribution is 2.25. The maximum atomic E-state index is 5.69. The van der Waals surface area contributed by atoms with Gasteiger partial charge in [0.05, 0.1) is 23.2 Å². The van der Waals surface area contributed by atoms with Crippen LogP contribution in [0.2, 0.25) is 0 Å². The standard InChI is InChI=1S/C15H16N4O/c1-10(2)20-12-5-3-4-11(8-12)18-15-13-9-17-19-14(13)6-7-16-15/h3-10H,1-2H3,(H,16,18)(H,17,19). The molecular formula is C15H16N4O. The van der Waals surface area contributed by atoms with Gasteiger partial charge >= 0.3 is 0 Å². The van der Waals surface area contributed by atoms with Gasteiger partial charge in [0.25, 0.3) is 0 Å². The first kappa shape index (κ1) is 12.5. The average Bonchev–Trinajstić information content (AvgIpc) is 2.88. The summed E-state index contributed by atoms with van der Waals surface area (Å²) >= 11 is 0. The molecule has 20 heavy (non-hydrogen) atoms. The third-order valence-corrected chi connectivity index (χ3v) is 2.84. The van der Waals surface area contributed by atoms with Crippen LogP contribution in [-0.2, 0) is 0 Å². The predicted octanol–water partition coefficient (Wildman–Crippen LogP) is 3.49. The van der Waals surface area contributed by atoms with Crippen molar-refractivity contribution in [3.8, 4) is 5.75 Å². The van der Waals surface area contributed by atoms with Crippen LogP contribution in [0, 0.1) is 0 Å².